The minimum absolute atomic E-state index is 0.234. The van der Waals surface area contributed by atoms with E-state index in [1.165, 1.54) is 4.31 Å². The Kier molecular flexibility index (Phi) is 6.24. The SMILES string of the molecule is CSc1cccc(NC(=O)[C@@H]2CCCCN2S(=O)(=O)c2ccc(C)cc2)c1. The molecule has 0 spiro atoms. The highest BCUT2D eigenvalue weighted by Gasteiger charge is 2.37. The highest BCUT2D eigenvalue weighted by atomic mass is 32.2. The summed E-state index contributed by atoms with van der Waals surface area (Å²) in [6.07, 6.45) is 4.09. The molecule has 1 heterocycles. The molecule has 0 radical (unpaired) electrons. The van der Waals surface area contributed by atoms with E-state index in [1.807, 2.05) is 37.4 Å². The number of rotatable bonds is 5. The number of anilines is 1. The second kappa shape index (κ2) is 8.46. The highest BCUT2D eigenvalue weighted by Crippen LogP contribution is 2.27. The van der Waals surface area contributed by atoms with E-state index in [-0.39, 0.29) is 10.8 Å². The Balaban J connectivity index is 1.84. The minimum atomic E-state index is -3.71. The lowest BCUT2D eigenvalue weighted by molar-refractivity contribution is -0.120. The second-order valence-corrected chi connectivity index (χ2v) is 9.43. The van der Waals surface area contributed by atoms with Crippen molar-refractivity contribution in [2.75, 3.05) is 18.1 Å². The molecule has 27 heavy (non-hydrogen) atoms. The van der Waals surface area contributed by atoms with E-state index in [1.54, 1.807) is 36.0 Å². The molecule has 1 fully saturated rings. The van der Waals surface area contributed by atoms with Crippen molar-refractivity contribution in [3.05, 3.63) is 54.1 Å². The molecule has 0 saturated carbocycles. The number of thioether (sulfide) groups is 1. The molecule has 2 aromatic rings. The quantitative estimate of drug-likeness (QED) is 0.768. The van der Waals surface area contributed by atoms with Crippen LogP contribution >= 0.6 is 11.8 Å². The molecule has 144 valence electrons. The molecule has 1 amide bonds. The first-order valence-corrected chi connectivity index (χ1v) is 11.6. The lowest BCUT2D eigenvalue weighted by Gasteiger charge is -2.33. The van der Waals surface area contributed by atoms with Crippen LogP contribution in [0.15, 0.2) is 58.3 Å². The average molecular weight is 405 g/mol. The number of nitrogens with one attached hydrogen (secondary N) is 1. The maximum atomic E-state index is 13.1. The number of carbonyl (C=O) groups excluding carboxylic acids is 1. The lowest BCUT2D eigenvalue weighted by Crippen LogP contribution is -2.49. The third kappa shape index (κ3) is 4.54. The molecule has 5 nitrogen and oxygen atoms in total. The zero-order chi connectivity index (χ0) is 19.4. The summed E-state index contributed by atoms with van der Waals surface area (Å²) in [5.74, 6) is -0.274. The van der Waals surface area contributed by atoms with Crippen molar-refractivity contribution >= 4 is 33.4 Å². The van der Waals surface area contributed by atoms with Crippen LogP contribution in [0, 0.1) is 6.92 Å². The number of piperidine rings is 1. The van der Waals surface area contributed by atoms with Crippen molar-refractivity contribution in [1.82, 2.24) is 4.31 Å². The first kappa shape index (κ1) is 19.9. The van der Waals surface area contributed by atoms with E-state index in [0.717, 1.165) is 23.3 Å². The molecule has 1 saturated heterocycles. The number of hydrogen-bond donors (Lipinski definition) is 1. The van der Waals surface area contributed by atoms with Crippen LogP contribution in [-0.4, -0.2) is 37.5 Å². The van der Waals surface area contributed by atoms with E-state index in [2.05, 4.69) is 5.32 Å². The van der Waals surface area contributed by atoms with Gasteiger partial charge in [-0.25, -0.2) is 8.42 Å². The number of aryl methyl sites for hydroxylation is 1. The Morgan fingerprint density at radius 3 is 2.59 bits per heavy atom. The van der Waals surface area contributed by atoms with Gasteiger partial charge in [-0.05, 0) is 56.4 Å². The molecule has 0 bridgehead atoms. The molecular weight excluding hydrogens is 380 g/mol. The predicted octanol–water partition coefficient (Wildman–Crippen LogP) is 3.90. The lowest BCUT2D eigenvalue weighted by atomic mass is 10.0. The van der Waals surface area contributed by atoms with Crippen LogP contribution in [0.4, 0.5) is 5.69 Å². The van der Waals surface area contributed by atoms with Crippen LogP contribution < -0.4 is 5.32 Å². The standard InChI is InChI=1S/C20H24N2O3S2/c1-15-9-11-18(12-10-15)27(24,25)22-13-4-3-8-19(22)20(23)21-16-6-5-7-17(14-16)26-2/h5-7,9-12,14,19H,3-4,8,13H2,1-2H3,(H,21,23)/t19-/m0/s1. The zero-order valence-electron chi connectivity index (χ0n) is 15.5. The number of benzene rings is 2. The second-order valence-electron chi connectivity index (χ2n) is 6.66. The maximum Gasteiger partial charge on any atom is 0.243 e. The monoisotopic (exact) mass is 404 g/mol. The number of carbonyl (C=O) groups is 1. The van der Waals surface area contributed by atoms with Crippen molar-refractivity contribution < 1.29 is 13.2 Å². The van der Waals surface area contributed by atoms with Crippen LogP contribution in [0.3, 0.4) is 0 Å². The fourth-order valence-corrected chi connectivity index (χ4v) is 5.34. The van der Waals surface area contributed by atoms with Gasteiger partial charge in [-0.2, -0.15) is 4.31 Å². The van der Waals surface area contributed by atoms with Gasteiger partial charge in [0.25, 0.3) is 0 Å². The Morgan fingerprint density at radius 1 is 1.15 bits per heavy atom. The van der Waals surface area contributed by atoms with E-state index in [4.69, 9.17) is 0 Å². The molecule has 3 rings (SSSR count). The third-order valence-electron chi connectivity index (χ3n) is 4.72. The largest absolute Gasteiger partial charge is 0.325 e. The summed E-state index contributed by atoms with van der Waals surface area (Å²) >= 11 is 1.59. The Morgan fingerprint density at radius 2 is 1.89 bits per heavy atom. The van der Waals surface area contributed by atoms with Gasteiger partial charge in [0, 0.05) is 17.1 Å². The van der Waals surface area contributed by atoms with Gasteiger partial charge in [0.15, 0.2) is 0 Å². The van der Waals surface area contributed by atoms with Gasteiger partial charge in [0.05, 0.1) is 4.90 Å². The van der Waals surface area contributed by atoms with Crippen molar-refractivity contribution in [3.63, 3.8) is 0 Å². The van der Waals surface area contributed by atoms with Gasteiger partial charge in [0.1, 0.15) is 6.04 Å². The summed E-state index contributed by atoms with van der Waals surface area (Å²) in [5, 5.41) is 2.89. The Hall–Kier alpha value is -1.83. The molecule has 0 aromatic heterocycles. The normalized spacial score (nSPS) is 18.2. The maximum absolute atomic E-state index is 13.1. The summed E-state index contributed by atoms with van der Waals surface area (Å²) in [5.41, 5.74) is 1.68. The number of sulfonamides is 1. The summed E-state index contributed by atoms with van der Waals surface area (Å²) in [6, 6.07) is 13.6. The van der Waals surface area contributed by atoms with E-state index in [9.17, 15) is 13.2 Å². The van der Waals surface area contributed by atoms with Crippen LogP contribution in [0.5, 0.6) is 0 Å². The summed E-state index contributed by atoms with van der Waals surface area (Å²) < 4.78 is 27.6. The van der Waals surface area contributed by atoms with Gasteiger partial charge in [0.2, 0.25) is 15.9 Å². The van der Waals surface area contributed by atoms with Crippen molar-refractivity contribution in [2.45, 2.75) is 42.0 Å². The van der Waals surface area contributed by atoms with Crippen molar-refractivity contribution in [1.29, 1.82) is 0 Å². The van der Waals surface area contributed by atoms with Crippen molar-refractivity contribution in [2.24, 2.45) is 0 Å². The summed E-state index contributed by atoms with van der Waals surface area (Å²) in [7, 11) is -3.71. The molecule has 1 N–H and O–H groups in total. The first-order valence-electron chi connectivity index (χ1n) is 8.95. The highest BCUT2D eigenvalue weighted by molar-refractivity contribution is 7.98. The van der Waals surface area contributed by atoms with Crippen molar-refractivity contribution in [3.8, 4) is 0 Å². The fraction of sp³-hybridized carbons (Fsp3) is 0.350. The van der Waals surface area contributed by atoms with Gasteiger partial charge in [-0.15, -0.1) is 11.8 Å². The number of nitrogens with zero attached hydrogens (tertiary/aromatic N) is 1. The first-order chi connectivity index (χ1) is 12.9. The molecule has 2 aromatic carbocycles. The Labute approximate surface area is 165 Å². The predicted molar refractivity (Wildman–Crippen MR) is 110 cm³/mol. The smallest absolute Gasteiger partial charge is 0.243 e. The molecule has 0 unspecified atom stereocenters. The molecular formula is C20H24N2O3S2. The summed E-state index contributed by atoms with van der Waals surface area (Å²) in [6.45, 7) is 2.27. The Bertz CT molecular complexity index is 911. The molecule has 1 aliphatic rings. The zero-order valence-corrected chi connectivity index (χ0v) is 17.1. The van der Waals surface area contributed by atoms with Gasteiger partial charge >= 0.3 is 0 Å². The third-order valence-corrected chi connectivity index (χ3v) is 7.37. The van der Waals surface area contributed by atoms with Gasteiger partial charge in [-0.1, -0.05) is 30.2 Å². The van der Waals surface area contributed by atoms with E-state index >= 15 is 0 Å². The molecule has 1 aliphatic heterocycles. The van der Waals surface area contributed by atoms with Gasteiger partial charge < -0.3 is 5.32 Å². The number of hydrogen-bond acceptors (Lipinski definition) is 4. The van der Waals surface area contributed by atoms with Crippen LogP contribution in [-0.2, 0) is 14.8 Å². The van der Waals surface area contributed by atoms with Crippen LogP contribution in [0.25, 0.3) is 0 Å². The average Bonchev–Trinajstić information content (AvgIpc) is 2.68. The fourth-order valence-electron chi connectivity index (χ4n) is 3.23. The van der Waals surface area contributed by atoms with Crippen LogP contribution in [0.1, 0.15) is 24.8 Å². The van der Waals surface area contributed by atoms with Crippen LogP contribution in [0.2, 0.25) is 0 Å². The summed E-state index contributed by atoms with van der Waals surface area (Å²) in [4.78, 5) is 14.2. The van der Waals surface area contributed by atoms with Gasteiger partial charge in [-0.3, -0.25) is 4.79 Å². The molecule has 0 aliphatic carbocycles. The molecule has 1 atom stereocenters. The minimum Gasteiger partial charge on any atom is -0.325 e. The van der Waals surface area contributed by atoms with E-state index < -0.39 is 16.1 Å². The number of amides is 1. The topological polar surface area (TPSA) is 66.5 Å². The molecule has 7 heteroatoms. The van der Waals surface area contributed by atoms with E-state index in [0.29, 0.717) is 18.7 Å².